The molecule has 0 radical (unpaired) electrons. The molecule has 0 aromatic heterocycles. The molecule has 126 valence electrons. The van der Waals surface area contributed by atoms with Gasteiger partial charge in [0.2, 0.25) is 5.91 Å². The number of ether oxygens (including phenoxy) is 1. The van der Waals surface area contributed by atoms with Gasteiger partial charge >= 0.3 is 0 Å². The lowest BCUT2D eigenvalue weighted by Gasteiger charge is -2.12. The minimum atomic E-state index is -1.01. The average molecular weight is 353 g/mol. The molecular weight excluding hydrogens is 339 g/mol. The number of benzene rings is 2. The second-order valence-corrected chi connectivity index (χ2v) is 6.33. The Morgan fingerprint density at radius 1 is 1.21 bits per heavy atom. The first-order valence-corrected chi connectivity index (χ1v) is 8.30. The van der Waals surface area contributed by atoms with Crippen molar-refractivity contribution in [3.8, 4) is 5.75 Å². The fraction of sp³-hybridized carbons (Fsp3) is 0.235. The van der Waals surface area contributed by atoms with Gasteiger partial charge in [0.05, 0.1) is 17.2 Å². The fourth-order valence-corrected chi connectivity index (χ4v) is 3.22. The van der Waals surface area contributed by atoms with Gasteiger partial charge in [0, 0.05) is 18.6 Å². The van der Waals surface area contributed by atoms with E-state index < -0.39 is 17.5 Å². The Bertz CT molecular complexity index is 721. The van der Waals surface area contributed by atoms with Gasteiger partial charge in [0.15, 0.2) is 0 Å². The van der Waals surface area contributed by atoms with E-state index in [0.29, 0.717) is 36.9 Å². The molecule has 0 fully saturated rings. The van der Waals surface area contributed by atoms with Crippen LogP contribution in [0.3, 0.4) is 0 Å². The van der Waals surface area contributed by atoms with E-state index in [4.69, 9.17) is 4.74 Å². The zero-order chi connectivity index (χ0) is 17.1. The standard InChI is InChI=1S/C17H14F3NO2S/c18-11-6-13(19)17(14(20)7-11)24-9-16(22)21-8-12-5-10-3-1-2-4-15(10)23-12/h1-4,6-7,12H,5,8-9H2,(H,21,22)/t12-/m1/s1. The predicted molar refractivity (Wildman–Crippen MR) is 84.6 cm³/mol. The van der Waals surface area contributed by atoms with E-state index in [9.17, 15) is 18.0 Å². The van der Waals surface area contributed by atoms with Crippen molar-refractivity contribution in [2.75, 3.05) is 12.3 Å². The summed E-state index contributed by atoms with van der Waals surface area (Å²) in [5.41, 5.74) is 1.08. The smallest absolute Gasteiger partial charge is 0.230 e. The first-order valence-electron chi connectivity index (χ1n) is 7.31. The van der Waals surface area contributed by atoms with E-state index in [1.54, 1.807) is 0 Å². The number of halogens is 3. The summed E-state index contributed by atoms with van der Waals surface area (Å²) in [6.07, 6.45) is 0.542. The SMILES string of the molecule is O=C(CSc1c(F)cc(F)cc1F)NC[C@H]1Cc2ccccc2O1. The van der Waals surface area contributed by atoms with E-state index in [0.717, 1.165) is 11.3 Å². The Morgan fingerprint density at radius 3 is 2.62 bits per heavy atom. The molecule has 24 heavy (non-hydrogen) atoms. The summed E-state index contributed by atoms with van der Waals surface area (Å²) in [6.45, 7) is 0.308. The maximum atomic E-state index is 13.5. The van der Waals surface area contributed by atoms with E-state index >= 15 is 0 Å². The van der Waals surface area contributed by atoms with Crippen molar-refractivity contribution in [1.29, 1.82) is 0 Å². The van der Waals surface area contributed by atoms with Crippen molar-refractivity contribution >= 4 is 17.7 Å². The highest BCUT2D eigenvalue weighted by Gasteiger charge is 2.22. The number of fused-ring (bicyclic) bond motifs is 1. The van der Waals surface area contributed by atoms with E-state index in [-0.39, 0.29) is 22.7 Å². The maximum Gasteiger partial charge on any atom is 0.230 e. The minimum absolute atomic E-state index is 0.157. The van der Waals surface area contributed by atoms with Crippen LogP contribution in [0.2, 0.25) is 0 Å². The molecule has 0 aliphatic carbocycles. The van der Waals surface area contributed by atoms with Crippen molar-refractivity contribution in [2.45, 2.75) is 17.4 Å². The van der Waals surface area contributed by atoms with Gasteiger partial charge in [-0.05, 0) is 11.6 Å². The van der Waals surface area contributed by atoms with Gasteiger partial charge in [-0.3, -0.25) is 4.79 Å². The molecule has 1 aliphatic heterocycles. The van der Waals surface area contributed by atoms with Gasteiger partial charge in [0.1, 0.15) is 29.3 Å². The number of hydrogen-bond acceptors (Lipinski definition) is 3. The van der Waals surface area contributed by atoms with Crippen LogP contribution in [-0.4, -0.2) is 24.3 Å². The number of nitrogens with one attached hydrogen (secondary N) is 1. The maximum absolute atomic E-state index is 13.5. The van der Waals surface area contributed by atoms with Crippen molar-refractivity contribution in [2.24, 2.45) is 0 Å². The molecule has 0 bridgehead atoms. The number of rotatable bonds is 5. The second-order valence-electron chi connectivity index (χ2n) is 5.34. The topological polar surface area (TPSA) is 38.3 Å². The zero-order valence-electron chi connectivity index (χ0n) is 12.5. The molecule has 3 rings (SSSR count). The molecule has 0 spiro atoms. The van der Waals surface area contributed by atoms with Crippen LogP contribution in [0.5, 0.6) is 5.75 Å². The van der Waals surface area contributed by atoms with E-state index in [2.05, 4.69) is 5.32 Å². The number of carbonyl (C=O) groups is 1. The molecule has 0 saturated carbocycles. The van der Waals surface area contributed by atoms with E-state index in [1.807, 2.05) is 24.3 Å². The summed E-state index contributed by atoms with van der Waals surface area (Å²) in [5.74, 6) is -2.75. The van der Waals surface area contributed by atoms with Gasteiger partial charge in [-0.1, -0.05) is 18.2 Å². The van der Waals surface area contributed by atoms with Crippen LogP contribution >= 0.6 is 11.8 Å². The average Bonchev–Trinajstić information content (AvgIpc) is 2.94. The van der Waals surface area contributed by atoms with Crippen molar-refractivity contribution < 1.29 is 22.7 Å². The first kappa shape index (κ1) is 16.7. The van der Waals surface area contributed by atoms with Gasteiger partial charge in [-0.15, -0.1) is 11.8 Å². The van der Waals surface area contributed by atoms with Gasteiger partial charge in [-0.25, -0.2) is 13.2 Å². The Labute approximate surface area is 141 Å². The second kappa shape index (κ2) is 7.17. The predicted octanol–water partition coefficient (Wildman–Crippen LogP) is 3.32. The Hall–Kier alpha value is -2.15. The minimum Gasteiger partial charge on any atom is -0.488 e. The fourth-order valence-electron chi connectivity index (χ4n) is 2.45. The molecule has 3 nitrogen and oxygen atoms in total. The Kier molecular flexibility index (Phi) is 4.99. The normalized spacial score (nSPS) is 15.7. The Balaban J connectivity index is 1.47. The third-order valence-corrected chi connectivity index (χ3v) is 4.64. The number of para-hydroxylation sites is 1. The lowest BCUT2D eigenvalue weighted by atomic mass is 10.1. The molecule has 1 aliphatic rings. The van der Waals surface area contributed by atoms with Crippen molar-refractivity contribution in [3.63, 3.8) is 0 Å². The number of hydrogen-bond donors (Lipinski definition) is 1. The molecule has 1 N–H and O–H groups in total. The van der Waals surface area contributed by atoms with Crippen LogP contribution in [0.25, 0.3) is 0 Å². The van der Waals surface area contributed by atoms with Crippen molar-refractivity contribution in [3.05, 3.63) is 59.4 Å². The number of thioether (sulfide) groups is 1. The summed E-state index contributed by atoms with van der Waals surface area (Å²) in [5, 5.41) is 2.68. The molecule has 2 aromatic rings. The highest BCUT2D eigenvalue weighted by molar-refractivity contribution is 8.00. The first-order chi connectivity index (χ1) is 11.5. The van der Waals surface area contributed by atoms with Gasteiger partial charge in [0.25, 0.3) is 0 Å². The molecule has 7 heteroatoms. The summed E-state index contributed by atoms with van der Waals surface area (Å²) >= 11 is 0.691. The third kappa shape index (κ3) is 3.84. The van der Waals surface area contributed by atoms with Gasteiger partial charge < -0.3 is 10.1 Å². The van der Waals surface area contributed by atoms with Crippen molar-refractivity contribution in [1.82, 2.24) is 5.32 Å². The molecule has 1 atom stereocenters. The molecular formula is C17H14F3NO2S. The van der Waals surface area contributed by atoms with Crippen LogP contribution in [-0.2, 0) is 11.2 Å². The summed E-state index contributed by atoms with van der Waals surface area (Å²) in [7, 11) is 0. The largest absolute Gasteiger partial charge is 0.488 e. The van der Waals surface area contributed by atoms with Crippen LogP contribution in [0, 0.1) is 17.5 Å². The lowest BCUT2D eigenvalue weighted by molar-refractivity contribution is -0.118. The Morgan fingerprint density at radius 2 is 1.92 bits per heavy atom. The van der Waals surface area contributed by atoms with Crippen LogP contribution in [0.15, 0.2) is 41.3 Å². The zero-order valence-corrected chi connectivity index (χ0v) is 13.3. The number of amides is 1. The monoisotopic (exact) mass is 353 g/mol. The highest BCUT2D eigenvalue weighted by atomic mass is 32.2. The summed E-state index contributed by atoms with van der Waals surface area (Å²) in [6, 6.07) is 8.81. The van der Waals surface area contributed by atoms with Gasteiger partial charge in [-0.2, -0.15) is 0 Å². The molecule has 0 unspecified atom stereocenters. The summed E-state index contributed by atoms with van der Waals surface area (Å²) in [4.78, 5) is 11.5. The molecule has 0 saturated heterocycles. The lowest BCUT2D eigenvalue weighted by Crippen LogP contribution is -2.35. The highest BCUT2D eigenvalue weighted by Crippen LogP contribution is 2.28. The number of carbonyl (C=O) groups excluding carboxylic acids is 1. The molecule has 1 amide bonds. The van der Waals surface area contributed by atoms with Crippen LogP contribution in [0.4, 0.5) is 13.2 Å². The molecule has 1 heterocycles. The van der Waals surface area contributed by atoms with Crippen LogP contribution in [0.1, 0.15) is 5.56 Å². The quantitative estimate of drug-likeness (QED) is 0.838. The third-order valence-electron chi connectivity index (χ3n) is 3.55. The van der Waals surface area contributed by atoms with E-state index in [1.165, 1.54) is 0 Å². The van der Waals surface area contributed by atoms with Crippen LogP contribution < -0.4 is 10.1 Å². The summed E-state index contributed by atoms with van der Waals surface area (Å²) < 4.78 is 45.5. The molecule has 2 aromatic carbocycles.